The molecule has 0 spiro atoms. The first-order chi connectivity index (χ1) is 11.5. The Kier molecular flexibility index (Phi) is 4.85. The summed E-state index contributed by atoms with van der Waals surface area (Å²) in [6.45, 7) is 2.15. The number of benzene rings is 2. The lowest BCUT2D eigenvalue weighted by molar-refractivity contribution is 0.552. The molecular formula is C17H14Cl2FN3O. The van der Waals surface area contributed by atoms with E-state index in [-0.39, 0.29) is 16.6 Å². The summed E-state index contributed by atoms with van der Waals surface area (Å²) in [4.78, 5) is 19.2. The van der Waals surface area contributed by atoms with Gasteiger partial charge in [0.15, 0.2) is 0 Å². The number of hydrogen-bond acceptors (Lipinski definition) is 3. The summed E-state index contributed by atoms with van der Waals surface area (Å²) in [5.41, 5.74) is 1.02. The molecule has 0 aliphatic carbocycles. The molecule has 0 aliphatic rings. The molecule has 0 aliphatic heterocycles. The number of H-pyrrole nitrogens is 1. The van der Waals surface area contributed by atoms with E-state index >= 15 is 0 Å². The molecule has 2 aromatic carbocycles. The lowest BCUT2D eigenvalue weighted by atomic mass is 10.1. The zero-order valence-corrected chi connectivity index (χ0v) is 14.2. The number of nitrogens with one attached hydrogen (secondary N) is 2. The van der Waals surface area contributed by atoms with Gasteiger partial charge in [-0.25, -0.2) is 9.37 Å². The fraction of sp³-hybridized carbons (Fsp3) is 0.176. The van der Waals surface area contributed by atoms with Crippen LogP contribution in [0.15, 0.2) is 41.2 Å². The van der Waals surface area contributed by atoms with Crippen LogP contribution in [0.1, 0.15) is 24.4 Å². The zero-order valence-electron chi connectivity index (χ0n) is 12.7. The van der Waals surface area contributed by atoms with Crippen molar-refractivity contribution in [3.8, 4) is 0 Å². The summed E-state index contributed by atoms with van der Waals surface area (Å²) in [6, 6.07) is 9.55. The second-order valence-electron chi connectivity index (χ2n) is 5.42. The Morgan fingerprint density at radius 3 is 2.79 bits per heavy atom. The normalized spacial score (nSPS) is 12.5. The maximum absolute atomic E-state index is 13.6. The highest BCUT2D eigenvalue weighted by atomic mass is 35.5. The molecule has 1 atom stereocenters. The largest absolute Gasteiger partial charge is 0.309 e. The second kappa shape index (κ2) is 6.89. The second-order valence-corrected chi connectivity index (χ2v) is 6.23. The fourth-order valence-electron chi connectivity index (χ4n) is 2.45. The molecule has 24 heavy (non-hydrogen) atoms. The van der Waals surface area contributed by atoms with Crippen LogP contribution in [-0.2, 0) is 6.54 Å². The summed E-state index contributed by atoms with van der Waals surface area (Å²) in [5.74, 6) is -0.0296. The van der Waals surface area contributed by atoms with Gasteiger partial charge >= 0.3 is 0 Å². The van der Waals surface area contributed by atoms with Gasteiger partial charge in [0.05, 0.1) is 22.5 Å². The van der Waals surface area contributed by atoms with E-state index in [1.165, 1.54) is 12.1 Å². The van der Waals surface area contributed by atoms with Crippen LogP contribution in [0.25, 0.3) is 10.9 Å². The van der Waals surface area contributed by atoms with Gasteiger partial charge in [0.2, 0.25) is 0 Å². The van der Waals surface area contributed by atoms with Crippen molar-refractivity contribution >= 4 is 34.1 Å². The van der Waals surface area contributed by atoms with Crippen LogP contribution < -0.4 is 10.9 Å². The number of hydrogen-bond donors (Lipinski definition) is 2. The van der Waals surface area contributed by atoms with Crippen molar-refractivity contribution in [2.75, 3.05) is 0 Å². The molecule has 4 nitrogen and oxygen atoms in total. The fourth-order valence-corrected chi connectivity index (χ4v) is 2.99. The maximum atomic E-state index is 13.6. The van der Waals surface area contributed by atoms with Crippen LogP contribution in [0.2, 0.25) is 10.0 Å². The van der Waals surface area contributed by atoms with E-state index in [9.17, 15) is 9.18 Å². The molecule has 124 valence electrons. The third-order valence-electron chi connectivity index (χ3n) is 3.74. The summed E-state index contributed by atoms with van der Waals surface area (Å²) in [5, 5.41) is 4.07. The van der Waals surface area contributed by atoms with E-state index in [1.807, 2.05) is 13.0 Å². The summed E-state index contributed by atoms with van der Waals surface area (Å²) < 4.78 is 13.6. The predicted octanol–water partition coefficient (Wildman–Crippen LogP) is 4.22. The standard InChI is InChI=1S/C17H14Cl2FN3O/c1-9(11-6-14(20)13(19)7-12(11)18)21-8-16-22-15-5-3-2-4-10(15)17(24)23-16/h2-7,9,21H,8H2,1H3,(H,22,23,24)/t9-/m0/s1. The van der Waals surface area contributed by atoms with Crippen molar-refractivity contribution in [3.05, 3.63) is 74.0 Å². The minimum absolute atomic E-state index is 0.0172. The number of aromatic nitrogens is 2. The third-order valence-corrected chi connectivity index (χ3v) is 4.36. The average Bonchev–Trinajstić information content (AvgIpc) is 2.56. The molecule has 1 aromatic heterocycles. The van der Waals surface area contributed by atoms with Crippen LogP contribution in [0.4, 0.5) is 4.39 Å². The molecule has 0 fully saturated rings. The molecule has 0 unspecified atom stereocenters. The highest BCUT2D eigenvalue weighted by molar-refractivity contribution is 6.35. The van der Waals surface area contributed by atoms with Gasteiger partial charge in [-0.15, -0.1) is 0 Å². The predicted molar refractivity (Wildman–Crippen MR) is 94.0 cm³/mol. The lowest BCUT2D eigenvalue weighted by Gasteiger charge is -2.16. The van der Waals surface area contributed by atoms with Crippen LogP contribution in [0.5, 0.6) is 0 Å². The Bertz CT molecular complexity index is 958. The molecular weight excluding hydrogens is 352 g/mol. The van der Waals surface area contributed by atoms with Gasteiger partial charge < -0.3 is 10.3 Å². The molecule has 1 heterocycles. The number of rotatable bonds is 4. The van der Waals surface area contributed by atoms with E-state index in [0.717, 1.165) is 0 Å². The number of nitrogens with zero attached hydrogens (tertiary/aromatic N) is 1. The average molecular weight is 366 g/mol. The van der Waals surface area contributed by atoms with Crippen molar-refractivity contribution in [3.63, 3.8) is 0 Å². The zero-order chi connectivity index (χ0) is 17.3. The number of aromatic amines is 1. The van der Waals surface area contributed by atoms with Crippen molar-refractivity contribution in [1.29, 1.82) is 0 Å². The van der Waals surface area contributed by atoms with Crippen LogP contribution in [0.3, 0.4) is 0 Å². The van der Waals surface area contributed by atoms with Crippen molar-refractivity contribution in [1.82, 2.24) is 15.3 Å². The van der Waals surface area contributed by atoms with Gasteiger partial charge in [-0.1, -0.05) is 35.3 Å². The highest BCUT2D eigenvalue weighted by Crippen LogP contribution is 2.28. The lowest BCUT2D eigenvalue weighted by Crippen LogP contribution is -2.22. The van der Waals surface area contributed by atoms with Gasteiger partial charge in [0.25, 0.3) is 5.56 Å². The van der Waals surface area contributed by atoms with Crippen LogP contribution in [0, 0.1) is 5.82 Å². The summed E-state index contributed by atoms with van der Waals surface area (Å²) >= 11 is 11.8. The van der Waals surface area contributed by atoms with E-state index < -0.39 is 5.82 Å². The molecule has 7 heteroatoms. The Hall–Kier alpha value is -1.95. The van der Waals surface area contributed by atoms with Crippen molar-refractivity contribution in [2.45, 2.75) is 19.5 Å². The number of para-hydroxylation sites is 1. The topological polar surface area (TPSA) is 57.8 Å². The van der Waals surface area contributed by atoms with Gasteiger partial charge in [-0.3, -0.25) is 4.79 Å². The minimum Gasteiger partial charge on any atom is -0.309 e. The number of halogens is 3. The first-order valence-electron chi connectivity index (χ1n) is 7.31. The first kappa shape index (κ1) is 16.9. The Morgan fingerprint density at radius 1 is 1.25 bits per heavy atom. The molecule has 2 N–H and O–H groups in total. The van der Waals surface area contributed by atoms with E-state index in [2.05, 4.69) is 15.3 Å². The molecule has 3 aromatic rings. The molecule has 0 saturated heterocycles. The highest BCUT2D eigenvalue weighted by Gasteiger charge is 2.14. The molecule has 0 amide bonds. The Labute approximate surface area is 147 Å². The van der Waals surface area contributed by atoms with E-state index in [0.29, 0.717) is 33.9 Å². The maximum Gasteiger partial charge on any atom is 0.258 e. The quantitative estimate of drug-likeness (QED) is 0.680. The monoisotopic (exact) mass is 365 g/mol. The van der Waals surface area contributed by atoms with Crippen molar-refractivity contribution < 1.29 is 4.39 Å². The van der Waals surface area contributed by atoms with Gasteiger partial charge in [0.1, 0.15) is 11.6 Å². The first-order valence-corrected chi connectivity index (χ1v) is 8.07. The van der Waals surface area contributed by atoms with Gasteiger partial charge in [-0.2, -0.15) is 0 Å². The van der Waals surface area contributed by atoms with Crippen molar-refractivity contribution in [2.24, 2.45) is 0 Å². The summed E-state index contributed by atoms with van der Waals surface area (Å²) in [6.07, 6.45) is 0. The van der Waals surface area contributed by atoms with Gasteiger partial charge in [0, 0.05) is 11.1 Å². The smallest absolute Gasteiger partial charge is 0.258 e. The third kappa shape index (κ3) is 3.43. The van der Waals surface area contributed by atoms with Gasteiger partial charge in [-0.05, 0) is 36.8 Å². The Morgan fingerprint density at radius 2 is 2.00 bits per heavy atom. The Balaban J connectivity index is 1.81. The summed E-state index contributed by atoms with van der Waals surface area (Å²) in [7, 11) is 0. The van der Waals surface area contributed by atoms with Crippen LogP contribution in [-0.4, -0.2) is 9.97 Å². The SMILES string of the molecule is C[C@H](NCc1nc2ccccc2c(=O)[nH]1)c1cc(F)c(Cl)cc1Cl. The van der Waals surface area contributed by atoms with Crippen LogP contribution >= 0.6 is 23.2 Å². The minimum atomic E-state index is -0.526. The molecule has 0 saturated carbocycles. The number of fused-ring (bicyclic) bond motifs is 1. The van der Waals surface area contributed by atoms with E-state index in [1.54, 1.807) is 18.2 Å². The molecule has 0 radical (unpaired) electrons. The molecule has 0 bridgehead atoms. The molecule has 3 rings (SSSR count). The van der Waals surface area contributed by atoms with E-state index in [4.69, 9.17) is 23.2 Å².